The third kappa shape index (κ3) is 4.66. The van der Waals surface area contributed by atoms with Crippen molar-refractivity contribution in [2.24, 2.45) is 0 Å². The van der Waals surface area contributed by atoms with E-state index in [-0.39, 0.29) is 5.38 Å². The van der Waals surface area contributed by atoms with E-state index in [4.69, 9.17) is 27.9 Å². The zero-order chi connectivity index (χ0) is 12.0. The minimum atomic E-state index is -0.00406. The molecule has 0 aliphatic heterocycles. The topological polar surface area (TPSA) is 25.4 Å². The second kappa shape index (κ2) is 7.07. The van der Waals surface area contributed by atoms with Gasteiger partial charge in [-0.2, -0.15) is 0 Å². The van der Waals surface area contributed by atoms with Crippen LogP contribution in [-0.2, 0) is 11.3 Å². The number of methoxy groups -OCH3 is 1. The maximum atomic E-state index is 6.07. The minimum Gasteiger partial charge on any atom is -0.383 e. The standard InChI is InChI=1S/C11H16Cl2N2O/c1-15(7-10(12)8-16-2)6-9-3-4-14-5-11(9)13/h3-5,10H,6-8H2,1-2H3. The van der Waals surface area contributed by atoms with Crippen LogP contribution in [0.15, 0.2) is 18.5 Å². The molecule has 5 heteroatoms. The van der Waals surface area contributed by atoms with Crippen LogP contribution in [0.4, 0.5) is 0 Å². The van der Waals surface area contributed by atoms with E-state index in [0.717, 1.165) is 18.7 Å². The lowest BCUT2D eigenvalue weighted by Crippen LogP contribution is -2.28. The molecule has 0 saturated carbocycles. The molecule has 0 fully saturated rings. The Morgan fingerprint density at radius 1 is 1.56 bits per heavy atom. The van der Waals surface area contributed by atoms with E-state index in [1.807, 2.05) is 13.1 Å². The van der Waals surface area contributed by atoms with Crippen molar-refractivity contribution in [3.63, 3.8) is 0 Å². The monoisotopic (exact) mass is 262 g/mol. The largest absolute Gasteiger partial charge is 0.383 e. The van der Waals surface area contributed by atoms with Crippen molar-refractivity contribution in [2.75, 3.05) is 27.3 Å². The number of hydrogen-bond donors (Lipinski definition) is 0. The molecule has 0 aliphatic carbocycles. The molecule has 0 spiro atoms. The third-order valence-corrected chi connectivity index (χ3v) is 2.76. The van der Waals surface area contributed by atoms with Crippen LogP contribution in [0.5, 0.6) is 0 Å². The van der Waals surface area contributed by atoms with Gasteiger partial charge >= 0.3 is 0 Å². The Labute approximate surface area is 106 Å². The maximum absolute atomic E-state index is 6.07. The van der Waals surface area contributed by atoms with Gasteiger partial charge in [0.1, 0.15) is 0 Å². The van der Waals surface area contributed by atoms with Crippen molar-refractivity contribution in [3.8, 4) is 0 Å². The van der Waals surface area contributed by atoms with E-state index in [2.05, 4.69) is 9.88 Å². The van der Waals surface area contributed by atoms with Gasteiger partial charge in [-0.15, -0.1) is 11.6 Å². The zero-order valence-electron chi connectivity index (χ0n) is 9.49. The van der Waals surface area contributed by atoms with Crippen LogP contribution in [0, 0.1) is 0 Å². The SMILES string of the molecule is COCC(Cl)CN(C)Cc1ccncc1Cl. The summed E-state index contributed by atoms with van der Waals surface area (Å²) < 4.78 is 4.98. The molecule has 0 amide bonds. The van der Waals surface area contributed by atoms with E-state index in [1.54, 1.807) is 19.5 Å². The lowest BCUT2D eigenvalue weighted by atomic mass is 10.2. The predicted molar refractivity (Wildman–Crippen MR) is 67.1 cm³/mol. The Bertz CT molecular complexity index is 323. The van der Waals surface area contributed by atoms with Gasteiger partial charge in [-0.05, 0) is 18.7 Å². The number of ether oxygens (including phenoxy) is 1. The van der Waals surface area contributed by atoms with Crippen molar-refractivity contribution >= 4 is 23.2 Å². The number of hydrogen-bond acceptors (Lipinski definition) is 3. The summed E-state index contributed by atoms with van der Waals surface area (Å²) in [6, 6.07) is 1.92. The minimum absolute atomic E-state index is 0.00406. The van der Waals surface area contributed by atoms with Crippen molar-refractivity contribution < 1.29 is 4.74 Å². The Morgan fingerprint density at radius 2 is 2.31 bits per heavy atom. The number of aromatic nitrogens is 1. The predicted octanol–water partition coefficient (Wildman–Crippen LogP) is 2.42. The van der Waals surface area contributed by atoms with Gasteiger partial charge < -0.3 is 9.64 Å². The van der Waals surface area contributed by atoms with Gasteiger partial charge in [-0.1, -0.05) is 11.6 Å². The molecule has 0 saturated heterocycles. The third-order valence-electron chi connectivity index (χ3n) is 2.15. The molecule has 1 aromatic heterocycles. The summed E-state index contributed by atoms with van der Waals surface area (Å²) in [6.07, 6.45) is 3.39. The van der Waals surface area contributed by atoms with E-state index in [9.17, 15) is 0 Å². The van der Waals surface area contributed by atoms with Gasteiger partial charge in [-0.3, -0.25) is 4.98 Å². The highest BCUT2D eigenvalue weighted by Gasteiger charge is 2.09. The fraction of sp³-hybridized carbons (Fsp3) is 0.545. The smallest absolute Gasteiger partial charge is 0.0696 e. The summed E-state index contributed by atoms with van der Waals surface area (Å²) in [5.41, 5.74) is 1.06. The lowest BCUT2D eigenvalue weighted by molar-refractivity contribution is 0.181. The summed E-state index contributed by atoms with van der Waals surface area (Å²) >= 11 is 12.1. The molecule has 90 valence electrons. The van der Waals surface area contributed by atoms with Gasteiger partial charge in [0.15, 0.2) is 0 Å². The molecular weight excluding hydrogens is 247 g/mol. The van der Waals surface area contributed by atoms with Crippen LogP contribution >= 0.6 is 23.2 Å². The van der Waals surface area contributed by atoms with E-state index >= 15 is 0 Å². The van der Waals surface area contributed by atoms with Crippen molar-refractivity contribution in [3.05, 3.63) is 29.0 Å². The first kappa shape index (κ1) is 13.7. The van der Waals surface area contributed by atoms with Crippen LogP contribution in [-0.4, -0.2) is 42.6 Å². The van der Waals surface area contributed by atoms with Gasteiger partial charge in [0.05, 0.1) is 17.0 Å². The molecule has 1 atom stereocenters. The second-order valence-corrected chi connectivity index (χ2v) is 4.74. The summed E-state index contributed by atoms with van der Waals surface area (Å²) in [4.78, 5) is 6.06. The van der Waals surface area contributed by atoms with Crippen LogP contribution in [0.3, 0.4) is 0 Å². The molecule has 0 aromatic carbocycles. The summed E-state index contributed by atoms with van der Waals surface area (Å²) in [6.45, 7) is 2.07. The Hall–Kier alpha value is -0.350. The van der Waals surface area contributed by atoms with Crippen molar-refractivity contribution in [2.45, 2.75) is 11.9 Å². The first-order valence-corrected chi connectivity index (χ1v) is 5.85. The van der Waals surface area contributed by atoms with Crippen molar-refractivity contribution in [1.82, 2.24) is 9.88 Å². The highest BCUT2D eigenvalue weighted by atomic mass is 35.5. The molecule has 0 radical (unpaired) electrons. The first-order chi connectivity index (χ1) is 7.63. The number of halogens is 2. The maximum Gasteiger partial charge on any atom is 0.0696 e. The second-order valence-electron chi connectivity index (χ2n) is 3.72. The van der Waals surface area contributed by atoms with E-state index in [1.165, 1.54) is 0 Å². The number of nitrogens with zero attached hydrogens (tertiary/aromatic N) is 2. The molecule has 1 heterocycles. The van der Waals surface area contributed by atoms with E-state index in [0.29, 0.717) is 11.6 Å². The molecule has 1 unspecified atom stereocenters. The van der Waals surface area contributed by atoms with Gasteiger partial charge in [-0.25, -0.2) is 0 Å². The summed E-state index contributed by atoms with van der Waals surface area (Å²) in [5.74, 6) is 0. The first-order valence-electron chi connectivity index (χ1n) is 5.03. The highest BCUT2D eigenvalue weighted by molar-refractivity contribution is 6.31. The van der Waals surface area contributed by atoms with E-state index < -0.39 is 0 Å². The molecule has 0 aliphatic rings. The molecular formula is C11H16Cl2N2O. The van der Waals surface area contributed by atoms with Gasteiger partial charge in [0.2, 0.25) is 0 Å². The Balaban J connectivity index is 2.45. The summed E-state index contributed by atoms with van der Waals surface area (Å²) in [5, 5.41) is 0.683. The van der Waals surface area contributed by atoms with Crippen LogP contribution < -0.4 is 0 Å². The molecule has 1 rings (SSSR count). The average Bonchev–Trinajstić information content (AvgIpc) is 2.21. The Morgan fingerprint density at radius 3 is 2.94 bits per heavy atom. The van der Waals surface area contributed by atoms with Crippen LogP contribution in [0.1, 0.15) is 5.56 Å². The quantitative estimate of drug-likeness (QED) is 0.737. The fourth-order valence-electron chi connectivity index (χ4n) is 1.46. The van der Waals surface area contributed by atoms with Gasteiger partial charge in [0.25, 0.3) is 0 Å². The molecule has 3 nitrogen and oxygen atoms in total. The zero-order valence-corrected chi connectivity index (χ0v) is 11.0. The van der Waals surface area contributed by atoms with Crippen LogP contribution in [0.2, 0.25) is 5.02 Å². The molecule has 16 heavy (non-hydrogen) atoms. The normalized spacial score (nSPS) is 13.1. The lowest BCUT2D eigenvalue weighted by Gasteiger charge is -2.20. The number of pyridine rings is 1. The number of rotatable bonds is 6. The molecule has 1 aromatic rings. The Kier molecular flexibility index (Phi) is 6.06. The summed E-state index contributed by atoms with van der Waals surface area (Å²) in [7, 11) is 3.65. The fourth-order valence-corrected chi connectivity index (χ4v) is 2.00. The molecule has 0 N–H and O–H groups in total. The number of alkyl halides is 1. The van der Waals surface area contributed by atoms with Gasteiger partial charge in [0, 0.05) is 32.6 Å². The van der Waals surface area contributed by atoms with Crippen LogP contribution in [0.25, 0.3) is 0 Å². The highest BCUT2D eigenvalue weighted by Crippen LogP contribution is 2.15. The molecule has 0 bridgehead atoms. The van der Waals surface area contributed by atoms with Crippen molar-refractivity contribution in [1.29, 1.82) is 0 Å². The average molecular weight is 263 g/mol.